The van der Waals surface area contributed by atoms with E-state index in [1.807, 2.05) is 17.5 Å². The Morgan fingerprint density at radius 2 is 2.07 bits per heavy atom. The molecule has 1 aromatic heterocycles. The van der Waals surface area contributed by atoms with Crippen molar-refractivity contribution in [1.29, 1.82) is 0 Å². The Kier molecular flexibility index (Phi) is 6.01. The van der Waals surface area contributed by atoms with Crippen LogP contribution < -0.4 is 10.1 Å². The molecule has 0 aliphatic carbocycles. The molecule has 7 heteroatoms. The van der Waals surface area contributed by atoms with Gasteiger partial charge < -0.3 is 9.47 Å². The van der Waals surface area contributed by atoms with Crippen LogP contribution in [0.4, 0.5) is 5.13 Å². The highest BCUT2D eigenvalue weighted by Gasteiger charge is 2.17. The van der Waals surface area contributed by atoms with Gasteiger partial charge in [0.1, 0.15) is 12.4 Å². The average molecular weight is 388 g/mol. The first-order chi connectivity index (χ1) is 13.3. The summed E-state index contributed by atoms with van der Waals surface area (Å²) in [6.45, 7) is 4.53. The van der Waals surface area contributed by atoms with Crippen molar-refractivity contribution in [2.75, 3.05) is 31.6 Å². The molecule has 2 saturated heterocycles. The average Bonchev–Trinajstić information content (AvgIpc) is 3.44. The molecule has 2 aromatic rings. The molecule has 3 heterocycles. The van der Waals surface area contributed by atoms with Crippen molar-refractivity contribution >= 4 is 22.4 Å². The summed E-state index contributed by atoms with van der Waals surface area (Å²) in [5.74, 6) is 0.604. The second-order valence-electron chi connectivity index (χ2n) is 7.05. The third-order valence-electron chi connectivity index (χ3n) is 4.93. The van der Waals surface area contributed by atoms with Crippen molar-refractivity contribution < 1.29 is 14.3 Å². The molecule has 2 aliphatic heterocycles. The summed E-state index contributed by atoms with van der Waals surface area (Å²) >= 11 is 1.47. The van der Waals surface area contributed by atoms with Crippen molar-refractivity contribution in [2.45, 2.75) is 38.3 Å². The van der Waals surface area contributed by atoms with Gasteiger partial charge in [-0.3, -0.25) is 15.0 Å². The Labute approximate surface area is 163 Å². The zero-order valence-corrected chi connectivity index (χ0v) is 16.2. The smallest absolute Gasteiger partial charge is 0.257 e. The van der Waals surface area contributed by atoms with Gasteiger partial charge in [0, 0.05) is 24.1 Å². The number of anilines is 1. The molecular weight excluding hydrogens is 362 g/mol. The van der Waals surface area contributed by atoms with E-state index in [-0.39, 0.29) is 12.0 Å². The lowest BCUT2D eigenvalue weighted by Crippen LogP contribution is -2.18. The lowest BCUT2D eigenvalue weighted by atomic mass is 10.2. The van der Waals surface area contributed by atoms with Gasteiger partial charge in [-0.25, -0.2) is 4.98 Å². The van der Waals surface area contributed by atoms with Gasteiger partial charge >= 0.3 is 0 Å². The fourth-order valence-electron chi connectivity index (χ4n) is 3.44. The van der Waals surface area contributed by atoms with Gasteiger partial charge in [0.15, 0.2) is 5.13 Å². The van der Waals surface area contributed by atoms with Crippen LogP contribution in [0.2, 0.25) is 0 Å². The molecule has 144 valence electrons. The van der Waals surface area contributed by atoms with Crippen molar-refractivity contribution in [1.82, 2.24) is 9.88 Å². The fraction of sp³-hybridized carbons (Fsp3) is 0.500. The summed E-state index contributed by atoms with van der Waals surface area (Å²) in [7, 11) is 0. The number of hydrogen-bond donors (Lipinski definition) is 1. The normalized spacial score (nSPS) is 20.1. The molecule has 0 unspecified atom stereocenters. The first-order valence-corrected chi connectivity index (χ1v) is 10.5. The molecule has 6 nitrogen and oxygen atoms in total. The first-order valence-electron chi connectivity index (χ1n) is 9.59. The maximum Gasteiger partial charge on any atom is 0.257 e. The molecule has 0 bridgehead atoms. The maximum absolute atomic E-state index is 12.4. The minimum absolute atomic E-state index is 0.150. The highest BCUT2D eigenvalue weighted by atomic mass is 32.1. The molecule has 1 N–H and O–H groups in total. The number of hydrogen-bond acceptors (Lipinski definition) is 6. The van der Waals surface area contributed by atoms with E-state index in [9.17, 15) is 4.79 Å². The highest BCUT2D eigenvalue weighted by Crippen LogP contribution is 2.21. The summed E-state index contributed by atoms with van der Waals surface area (Å²) in [4.78, 5) is 19.4. The molecule has 1 atom stereocenters. The van der Waals surface area contributed by atoms with Crippen molar-refractivity contribution in [3.05, 3.63) is 40.9 Å². The SMILES string of the molecule is O=C(Nc1nc(CN2CCCC2)cs1)c1ccc(OC[C@@H]2CCCO2)cc1. The van der Waals surface area contributed by atoms with Crippen LogP contribution in [0.15, 0.2) is 29.6 Å². The molecule has 1 amide bonds. The number of likely N-dealkylation sites (tertiary alicyclic amines) is 1. The summed E-state index contributed by atoms with van der Waals surface area (Å²) < 4.78 is 11.3. The van der Waals surface area contributed by atoms with Crippen LogP contribution in [-0.4, -0.2) is 48.2 Å². The summed E-state index contributed by atoms with van der Waals surface area (Å²) in [5.41, 5.74) is 1.62. The van der Waals surface area contributed by atoms with E-state index in [2.05, 4.69) is 15.2 Å². The van der Waals surface area contributed by atoms with Gasteiger partial charge in [-0.15, -0.1) is 11.3 Å². The lowest BCUT2D eigenvalue weighted by molar-refractivity contribution is 0.0679. The monoisotopic (exact) mass is 387 g/mol. The summed E-state index contributed by atoms with van der Waals surface area (Å²) in [6.07, 6.45) is 4.87. The second-order valence-corrected chi connectivity index (χ2v) is 7.91. The van der Waals surface area contributed by atoms with Crippen LogP contribution in [0.1, 0.15) is 41.7 Å². The van der Waals surface area contributed by atoms with Crippen molar-refractivity contribution in [3.63, 3.8) is 0 Å². The van der Waals surface area contributed by atoms with Crippen LogP contribution in [0, 0.1) is 0 Å². The van der Waals surface area contributed by atoms with E-state index in [4.69, 9.17) is 9.47 Å². The largest absolute Gasteiger partial charge is 0.491 e. The third kappa shape index (κ3) is 5.06. The zero-order valence-electron chi connectivity index (χ0n) is 15.4. The van der Waals surface area contributed by atoms with Gasteiger partial charge in [0.2, 0.25) is 0 Å². The van der Waals surface area contributed by atoms with Gasteiger partial charge in [-0.2, -0.15) is 0 Å². The minimum Gasteiger partial charge on any atom is -0.491 e. The van der Waals surface area contributed by atoms with E-state index in [1.54, 1.807) is 12.1 Å². The Balaban J connectivity index is 1.28. The molecule has 0 radical (unpaired) electrons. The Morgan fingerprint density at radius 3 is 2.81 bits per heavy atom. The van der Waals surface area contributed by atoms with E-state index >= 15 is 0 Å². The van der Waals surface area contributed by atoms with Crippen LogP contribution in [-0.2, 0) is 11.3 Å². The van der Waals surface area contributed by atoms with Crippen LogP contribution in [0.25, 0.3) is 0 Å². The van der Waals surface area contributed by atoms with E-state index < -0.39 is 0 Å². The van der Waals surface area contributed by atoms with E-state index in [1.165, 1.54) is 24.2 Å². The second kappa shape index (κ2) is 8.82. The molecule has 1 aromatic carbocycles. The molecular formula is C20H25N3O3S. The summed E-state index contributed by atoms with van der Waals surface area (Å²) in [6, 6.07) is 7.20. The predicted octanol–water partition coefficient (Wildman–Crippen LogP) is 3.55. The molecule has 4 rings (SSSR count). The molecule has 27 heavy (non-hydrogen) atoms. The Bertz CT molecular complexity index is 750. The van der Waals surface area contributed by atoms with Crippen molar-refractivity contribution in [2.24, 2.45) is 0 Å². The van der Waals surface area contributed by atoms with Crippen LogP contribution in [0.3, 0.4) is 0 Å². The predicted molar refractivity (Wildman–Crippen MR) is 105 cm³/mol. The molecule has 0 spiro atoms. The topological polar surface area (TPSA) is 63.7 Å². The minimum atomic E-state index is -0.150. The zero-order chi connectivity index (χ0) is 18.5. The number of benzene rings is 1. The number of nitrogens with zero attached hydrogens (tertiary/aromatic N) is 2. The fourth-order valence-corrected chi connectivity index (χ4v) is 4.14. The third-order valence-corrected chi connectivity index (χ3v) is 5.74. The number of aromatic nitrogens is 1. The Morgan fingerprint density at radius 1 is 1.26 bits per heavy atom. The first kappa shape index (κ1) is 18.4. The summed E-state index contributed by atoms with van der Waals surface area (Å²) in [5, 5.41) is 5.56. The highest BCUT2D eigenvalue weighted by molar-refractivity contribution is 7.13. The molecule has 2 aliphatic rings. The van der Waals surface area contributed by atoms with Crippen molar-refractivity contribution in [3.8, 4) is 5.75 Å². The van der Waals surface area contributed by atoms with Gasteiger partial charge in [-0.05, 0) is 63.0 Å². The van der Waals surface area contributed by atoms with Gasteiger partial charge in [0.05, 0.1) is 11.8 Å². The molecule has 0 saturated carbocycles. The Hall–Kier alpha value is -1.96. The quantitative estimate of drug-likeness (QED) is 0.787. The van der Waals surface area contributed by atoms with Gasteiger partial charge in [-0.1, -0.05) is 0 Å². The number of nitrogens with one attached hydrogen (secondary N) is 1. The standard InChI is InChI=1S/C20H25N3O3S/c24-19(22-20-21-16(14-27-20)12-23-9-1-2-10-23)15-5-7-17(8-6-15)26-13-18-4-3-11-25-18/h5-8,14,18H,1-4,9-13H2,(H,21,22,24)/t18-/m0/s1. The van der Waals surface area contributed by atoms with Gasteiger partial charge in [0.25, 0.3) is 5.91 Å². The molecule has 2 fully saturated rings. The number of rotatable bonds is 7. The maximum atomic E-state index is 12.4. The number of ether oxygens (including phenoxy) is 2. The number of amides is 1. The van der Waals surface area contributed by atoms with E-state index in [0.29, 0.717) is 17.3 Å². The van der Waals surface area contributed by atoms with Crippen LogP contribution in [0.5, 0.6) is 5.75 Å². The van der Waals surface area contributed by atoms with E-state index in [0.717, 1.165) is 50.5 Å². The number of carbonyl (C=O) groups excluding carboxylic acids is 1. The number of carbonyl (C=O) groups is 1. The lowest BCUT2D eigenvalue weighted by Gasteiger charge is -2.12. The number of thiazole rings is 1. The van der Waals surface area contributed by atoms with Crippen LogP contribution >= 0.6 is 11.3 Å².